The van der Waals surface area contributed by atoms with E-state index in [0.717, 1.165) is 31.9 Å². The molecule has 2 aliphatic heterocycles. The lowest BCUT2D eigenvalue weighted by Crippen LogP contribution is -2.49. The number of para-hydroxylation sites is 2. The maximum absolute atomic E-state index is 13.0. The Kier molecular flexibility index (Phi) is 5.47. The van der Waals surface area contributed by atoms with Gasteiger partial charge in [0.1, 0.15) is 5.75 Å². The molecule has 1 fully saturated rings. The number of piperazine rings is 1. The zero-order valence-electron chi connectivity index (χ0n) is 17.3. The number of nitrogens with zero attached hydrogens (tertiary/aromatic N) is 3. The minimum absolute atomic E-state index is 0.207. The van der Waals surface area contributed by atoms with Crippen LogP contribution in [0.2, 0.25) is 0 Å². The number of phenolic OH excluding ortho intramolecular Hbond substituents is 1. The fourth-order valence-corrected chi connectivity index (χ4v) is 5.36. The van der Waals surface area contributed by atoms with Gasteiger partial charge in [-0.15, -0.1) is 0 Å². The third-order valence-corrected chi connectivity index (χ3v) is 7.06. The number of aromatic hydroxyl groups is 1. The number of carbonyl (C=O) groups excluding carboxylic acids is 1. The Morgan fingerprint density at radius 2 is 1.39 bits per heavy atom. The van der Waals surface area contributed by atoms with Crippen molar-refractivity contribution in [3.63, 3.8) is 0 Å². The van der Waals surface area contributed by atoms with E-state index in [9.17, 15) is 9.90 Å². The maximum atomic E-state index is 13.0. The average molecular weight is 432 g/mol. The smallest absolute Gasteiger partial charge is 0.224 e. The van der Waals surface area contributed by atoms with Crippen LogP contribution in [0.5, 0.6) is 5.75 Å². The lowest BCUT2D eigenvalue weighted by atomic mass is 10.2. The molecule has 0 aliphatic carbocycles. The molecule has 3 aromatic carbocycles. The van der Waals surface area contributed by atoms with Crippen molar-refractivity contribution < 1.29 is 9.90 Å². The molecule has 0 unspecified atom stereocenters. The summed E-state index contributed by atoms with van der Waals surface area (Å²) in [6, 6.07) is 24.1. The van der Waals surface area contributed by atoms with E-state index in [-0.39, 0.29) is 11.7 Å². The average Bonchev–Trinajstić information content (AvgIpc) is 2.82. The molecule has 3 aromatic rings. The van der Waals surface area contributed by atoms with Crippen molar-refractivity contribution in [3.8, 4) is 5.75 Å². The number of hydrogen-bond donors (Lipinski definition) is 1. The molecule has 1 N–H and O–H groups in total. The van der Waals surface area contributed by atoms with E-state index < -0.39 is 0 Å². The Balaban J connectivity index is 1.23. The first-order valence-electron chi connectivity index (χ1n) is 10.6. The van der Waals surface area contributed by atoms with Crippen molar-refractivity contribution in [1.82, 2.24) is 4.90 Å². The van der Waals surface area contributed by atoms with Gasteiger partial charge in [0.25, 0.3) is 0 Å². The van der Waals surface area contributed by atoms with E-state index in [1.54, 1.807) is 23.9 Å². The van der Waals surface area contributed by atoms with Crippen LogP contribution in [0.15, 0.2) is 82.6 Å². The molecule has 0 saturated carbocycles. The molecule has 0 spiro atoms. The van der Waals surface area contributed by atoms with Crippen LogP contribution in [0.25, 0.3) is 0 Å². The Bertz CT molecular complexity index is 1030. The Morgan fingerprint density at radius 1 is 0.806 bits per heavy atom. The van der Waals surface area contributed by atoms with Gasteiger partial charge in [-0.2, -0.15) is 0 Å². The highest BCUT2D eigenvalue weighted by atomic mass is 32.2. The molecular formula is C25H25N3O2S. The summed E-state index contributed by atoms with van der Waals surface area (Å²) in [5, 5.41) is 9.48. The summed E-state index contributed by atoms with van der Waals surface area (Å²) in [5.74, 6) is 0.482. The summed E-state index contributed by atoms with van der Waals surface area (Å²) in [5.41, 5.74) is 3.44. The number of benzene rings is 3. The van der Waals surface area contributed by atoms with Crippen molar-refractivity contribution in [1.29, 1.82) is 0 Å². The highest BCUT2D eigenvalue weighted by Crippen LogP contribution is 2.47. The predicted molar refractivity (Wildman–Crippen MR) is 126 cm³/mol. The molecule has 0 bridgehead atoms. The van der Waals surface area contributed by atoms with Crippen LogP contribution in [-0.4, -0.2) is 48.6 Å². The van der Waals surface area contributed by atoms with E-state index in [1.165, 1.54) is 21.2 Å². The maximum Gasteiger partial charge on any atom is 0.224 e. The largest absolute Gasteiger partial charge is 0.508 e. The van der Waals surface area contributed by atoms with Gasteiger partial charge >= 0.3 is 0 Å². The fourth-order valence-electron chi connectivity index (χ4n) is 4.27. The standard InChI is InChI=1S/C25H25N3O2S/c29-20-11-9-19(10-12-20)26-15-17-27(18-16-26)25(30)13-14-28-21-5-1-3-7-23(21)31-24-8-4-2-6-22(24)28/h1-12,29H,13-18H2. The van der Waals surface area contributed by atoms with Crippen molar-refractivity contribution in [2.75, 3.05) is 42.5 Å². The molecule has 1 saturated heterocycles. The molecule has 5 nitrogen and oxygen atoms in total. The normalized spacial score (nSPS) is 15.4. The monoisotopic (exact) mass is 431 g/mol. The molecular weight excluding hydrogens is 406 g/mol. The number of hydrogen-bond acceptors (Lipinski definition) is 5. The summed E-state index contributed by atoms with van der Waals surface area (Å²) in [7, 11) is 0. The van der Waals surface area contributed by atoms with E-state index in [2.05, 4.69) is 58.3 Å². The summed E-state index contributed by atoms with van der Waals surface area (Å²) in [4.78, 5) is 22.0. The van der Waals surface area contributed by atoms with Crippen molar-refractivity contribution in [3.05, 3.63) is 72.8 Å². The number of carbonyl (C=O) groups is 1. The second-order valence-electron chi connectivity index (χ2n) is 7.82. The van der Waals surface area contributed by atoms with Crippen LogP contribution >= 0.6 is 11.8 Å². The van der Waals surface area contributed by atoms with Crippen LogP contribution in [0, 0.1) is 0 Å². The molecule has 6 heteroatoms. The van der Waals surface area contributed by atoms with Crippen molar-refractivity contribution >= 4 is 34.7 Å². The Hall–Kier alpha value is -3.12. The third-order valence-electron chi connectivity index (χ3n) is 5.93. The SMILES string of the molecule is O=C(CCN1c2ccccc2Sc2ccccc21)N1CCN(c2ccc(O)cc2)CC1. The van der Waals surface area contributed by atoms with Gasteiger partial charge in [0.2, 0.25) is 5.91 Å². The fraction of sp³-hybridized carbons (Fsp3) is 0.240. The number of amides is 1. The van der Waals surface area contributed by atoms with E-state index in [0.29, 0.717) is 13.0 Å². The number of anilines is 3. The quantitative estimate of drug-likeness (QED) is 0.647. The van der Waals surface area contributed by atoms with Crippen LogP contribution in [-0.2, 0) is 4.79 Å². The molecule has 31 heavy (non-hydrogen) atoms. The predicted octanol–water partition coefficient (Wildman–Crippen LogP) is 4.73. The first-order valence-corrected chi connectivity index (χ1v) is 11.5. The van der Waals surface area contributed by atoms with Gasteiger partial charge in [0.05, 0.1) is 11.4 Å². The molecule has 2 heterocycles. The Morgan fingerprint density at radius 3 is 2.00 bits per heavy atom. The lowest BCUT2D eigenvalue weighted by molar-refractivity contribution is -0.131. The minimum Gasteiger partial charge on any atom is -0.508 e. The zero-order chi connectivity index (χ0) is 21.2. The van der Waals surface area contributed by atoms with Crippen LogP contribution in [0.1, 0.15) is 6.42 Å². The molecule has 2 aliphatic rings. The van der Waals surface area contributed by atoms with Crippen LogP contribution < -0.4 is 9.80 Å². The first-order chi connectivity index (χ1) is 15.2. The minimum atomic E-state index is 0.207. The molecule has 1 amide bonds. The number of rotatable bonds is 4. The third kappa shape index (κ3) is 4.08. The van der Waals surface area contributed by atoms with Gasteiger partial charge in [-0.1, -0.05) is 36.0 Å². The van der Waals surface area contributed by atoms with Gasteiger partial charge in [-0.3, -0.25) is 4.79 Å². The number of fused-ring (bicyclic) bond motifs is 2. The summed E-state index contributed by atoms with van der Waals surface area (Å²) in [6.45, 7) is 3.74. The van der Waals surface area contributed by atoms with E-state index in [1.807, 2.05) is 17.0 Å². The molecule has 0 radical (unpaired) electrons. The molecule has 158 valence electrons. The van der Waals surface area contributed by atoms with Crippen LogP contribution in [0.3, 0.4) is 0 Å². The highest BCUT2D eigenvalue weighted by molar-refractivity contribution is 7.99. The topological polar surface area (TPSA) is 47.0 Å². The van der Waals surface area contributed by atoms with Crippen molar-refractivity contribution in [2.24, 2.45) is 0 Å². The van der Waals surface area contributed by atoms with Gasteiger partial charge in [-0.05, 0) is 48.5 Å². The molecule has 5 rings (SSSR count). The summed E-state index contributed by atoms with van der Waals surface area (Å²) in [6.07, 6.45) is 0.493. The molecule has 0 aromatic heterocycles. The van der Waals surface area contributed by atoms with E-state index in [4.69, 9.17) is 0 Å². The van der Waals surface area contributed by atoms with Crippen LogP contribution in [0.4, 0.5) is 17.1 Å². The zero-order valence-corrected chi connectivity index (χ0v) is 18.1. The van der Waals surface area contributed by atoms with Crippen molar-refractivity contribution in [2.45, 2.75) is 16.2 Å². The summed E-state index contributed by atoms with van der Waals surface area (Å²) >= 11 is 1.79. The Labute approximate surface area is 186 Å². The second-order valence-corrected chi connectivity index (χ2v) is 8.91. The second kappa shape index (κ2) is 8.55. The van der Waals surface area contributed by atoms with Gasteiger partial charge < -0.3 is 19.8 Å². The van der Waals surface area contributed by atoms with Gasteiger partial charge in [-0.25, -0.2) is 0 Å². The van der Waals surface area contributed by atoms with E-state index >= 15 is 0 Å². The number of phenols is 1. The van der Waals surface area contributed by atoms with Gasteiger partial charge in [0.15, 0.2) is 0 Å². The first kappa shape index (κ1) is 19.8. The lowest BCUT2D eigenvalue weighted by Gasteiger charge is -2.37. The highest BCUT2D eigenvalue weighted by Gasteiger charge is 2.25. The van der Waals surface area contributed by atoms with Gasteiger partial charge in [0, 0.05) is 54.6 Å². The summed E-state index contributed by atoms with van der Waals surface area (Å²) < 4.78 is 0. The molecule has 0 atom stereocenters.